The quantitative estimate of drug-likeness (QED) is 0.791. The monoisotopic (exact) mass is 226 g/mol. The fraction of sp³-hybridized carbons (Fsp3) is 1.00. The zero-order valence-electron chi connectivity index (χ0n) is 11.0. The SMILES string of the molecule is CCC1(CC)CN(C2(C)CCOC2)CCN1. The standard InChI is InChI=1S/C13H26N2O/c1-4-13(5-2)10-15(8-7-14-13)12(3)6-9-16-11-12/h14H,4-11H2,1-3H3. The first-order valence-electron chi connectivity index (χ1n) is 6.72. The molecule has 2 saturated heterocycles. The molecule has 2 heterocycles. The largest absolute Gasteiger partial charge is 0.379 e. The van der Waals surface area contributed by atoms with Gasteiger partial charge in [-0.05, 0) is 26.2 Å². The second kappa shape index (κ2) is 4.63. The normalized spacial score (nSPS) is 35.4. The zero-order chi connectivity index (χ0) is 11.6. The predicted molar refractivity (Wildman–Crippen MR) is 66.7 cm³/mol. The molecule has 1 unspecified atom stereocenters. The Kier molecular flexibility index (Phi) is 3.57. The lowest BCUT2D eigenvalue weighted by Gasteiger charge is -2.49. The molecule has 3 heteroatoms. The van der Waals surface area contributed by atoms with Crippen LogP contribution in [0.4, 0.5) is 0 Å². The number of nitrogens with one attached hydrogen (secondary N) is 1. The highest BCUT2D eigenvalue weighted by atomic mass is 16.5. The Labute approximate surface area is 99.5 Å². The van der Waals surface area contributed by atoms with E-state index in [1.807, 2.05) is 0 Å². The molecule has 0 aliphatic carbocycles. The molecule has 0 aromatic rings. The summed E-state index contributed by atoms with van der Waals surface area (Å²) in [6.45, 7) is 12.3. The van der Waals surface area contributed by atoms with Gasteiger partial charge in [-0.2, -0.15) is 0 Å². The summed E-state index contributed by atoms with van der Waals surface area (Å²) in [4.78, 5) is 2.66. The first kappa shape index (κ1) is 12.3. The third-order valence-corrected chi connectivity index (χ3v) is 4.69. The molecule has 1 atom stereocenters. The second-order valence-corrected chi connectivity index (χ2v) is 5.64. The van der Waals surface area contributed by atoms with Crippen LogP contribution in [0.2, 0.25) is 0 Å². The number of hydrogen-bond acceptors (Lipinski definition) is 3. The Morgan fingerprint density at radius 2 is 2.06 bits per heavy atom. The van der Waals surface area contributed by atoms with Gasteiger partial charge in [-0.25, -0.2) is 0 Å². The lowest BCUT2D eigenvalue weighted by Crippen LogP contribution is -2.65. The van der Waals surface area contributed by atoms with Gasteiger partial charge in [0.1, 0.15) is 0 Å². The van der Waals surface area contributed by atoms with Crippen molar-refractivity contribution in [2.75, 3.05) is 32.8 Å². The van der Waals surface area contributed by atoms with E-state index in [0.29, 0.717) is 5.54 Å². The highest BCUT2D eigenvalue weighted by Crippen LogP contribution is 2.30. The van der Waals surface area contributed by atoms with Crippen LogP contribution >= 0.6 is 0 Å². The zero-order valence-corrected chi connectivity index (χ0v) is 11.0. The van der Waals surface area contributed by atoms with Crippen LogP contribution < -0.4 is 5.32 Å². The molecule has 2 fully saturated rings. The third kappa shape index (κ3) is 2.13. The van der Waals surface area contributed by atoms with Crippen LogP contribution in [0.1, 0.15) is 40.0 Å². The van der Waals surface area contributed by atoms with Crippen molar-refractivity contribution in [3.63, 3.8) is 0 Å². The topological polar surface area (TPSA) is 24.5 Å². The molecule has 94 valence electrons. The van der Waals surface area contributed by atoms with Crippen LogP contribution in [0, 0.1) is 0 Å². The lowest BCUT2D eigenvalue weighted by molar-refractivity contribution is 0.0238. The van der Waals surface area contributed by atoms with Gasteiger partial charge in [-0.1, -0.05) is 13.8 Å². The maximum absolute atomic E-state index is 5.59. The van der Waals surface area contributed by atoms with E-state index in [1.54, 1.807) is 0 Å². The van der Waals surface area contributed by atoms with Crippen molar-refractivity contribution in [3.05, 3.63) is 0 Å². The number of hydrogen-bond donors (Lipinski definition) is 1. The molecule has 0 amide bonds. The number of piperazine rings is 1. The fourth-order valence-corrected chi connectivity index (χ4v) is 3.05. The summed E-state index contributed by atoms with van der Waals surface area (Å²) < 4.78 is 5.59. The minimum atomic E-state index is 0.289. The second-order valence-electron chi connectivity index (χ2n) is 5.64. The molecule has 0 aromatic carbocycles. The summed E-state index contributed by atoms with van der Waals surface area (Å²) in [6.07, 6.45) is 3.63. The molecule has 2 aliphatic heterocycles. The van der Waals surface area contributed by atoms with Gasteiger partial charge in [0, 0.05) is 37.3 Å². The van der Waals surface area contributed by atoms with E-state index < -0.39 is 0 Å². The van der Waals surface area contributed by atoms with Gasteiger partial charge in [0.15, 0.2) is 0 Å². The van der Waals surface area contributed by atoms with Crippen molar-refractivity contribution in [1.82, 2.24) is 10.2 Å². The van der Waals surface area contributed by atoms with Gasteiger partial charge in [-0.15, -0.1) is 0 Å². The molecule has 3 nitrogen and oxygen atoms in total. The smallest absolute Gasteiger partial charge is 0.0648 e. The third-order valence-electron chi connectivity index (χ3n) is 4.69. The summed E-state index contributed by atoms with van der Waals surface area (Å²) >= 11 is 0. The van der Waals surface area contributed by atoms with Crippen LogP contribution in [0.25, 0.3) is 0 Å². The maximum Gasteiger partial charge on any atom is 0.0648 e. The molecule has 0 aromatic heterocycles. The Hall–Kier alpha value is -0.120. The Balaban J connectivity index is 2.06. The van der Waals surface area contributed by atoms with Gasteiger partial charge in [0.2, 0.25) is 0 Å². The van der Waals surface area contributed by atoms with E-state index in [1.165, 1.54) is 32.4 Å². The van der Waals surface area contributed by atoms with Gasteiger partial charge in [-0.3, -0.25) is 4.90 Å². The maximum atomic E-state index is 5.59. The van der Waals surface area contributed by atoms with E-state index in [0.717, 1.165) is 19.8 Å². The van der Waals surface area contributed by atoms with Crippen molar-refractivity contribution in [2.45, 2.75) is 51.1 Å². The number of rotatable bonds is 3. The van der Waals surface area contributed by atoms with E-state index in [9.17, 15) is 0 Å². The molecule has 1 N–H and O–H groups in total. The highest BCUT2D eigenvalue weighted by molar-refractivity contribution is 4.99. The van der Waals surface area contributed by atoms with Gasteiger partial charge in [0.05, 0.1) is 6.61 Å². The summed E-state index contributed by atoms with van der Waals surface area (Å²) in [5, 5.41) is 3.72. The summed E-state index contributed by atoms with van der Waals surface area (Å²) in [7, 11) is 0. The van der Waals surface area contributed by atoms with Crippen molar-refractivity contribution in [3.8, 4) is 0 Å². The highest BCUT2D eigenvalue weighted by Gasteiger charge is 2.42. The first-order chi connectivity index (χ1) is 7.64. The average Bonchev–Trinajstić information content (AvgIpc) is 2.77. The predicted octanol–water partition coefficient (Wildman–Crippen LogP) is 1.63. The van der Waals surface area contributed by atoms with E-state index in [2.05, 4.69) is 31.0 Å². The van der Waals surface area contributed by atoms with Crippen LogP contribution in [-0.2, 0) is 4.74 Å². The van der Waals surface area contributed by atoms with Crippen LogP contribution in [0.15, 0.2) is 0 Å². The summed E-state index contributed by atoms with van der Waals surface area (Å²) in [6, 6.07) is 0. The van der Waals surface area contributed by atoms with Crippen LogP contribution in [-0.4, -0.2) is 48.8 Å². The minimum absolute atomic E-state index is 0.289. The van der Waals surface area contributed by atoms with Crippen molar-refractivity contribution in [2.24, 2.45) is 0 Å². The molecule has 16 heavy (non-hydrogen) atoms. The molecule has 0 radical (unpaired) electrons. The Morgan fingerprint density at radius 1 is 1.31 bits per heavy atom. The molecule has 0 bridgehead atoms. The van der Waals surface area contributed by atoms with E-state index >= 15 is 0 Å². The van der Waals surface area contributed by atoms with Gasteiger partial charge < -0.3 is 10.1 Å². The van der Waals surface area contributed by atoms with Crippen molar-refractivity contribution >= 4 is 0 Å². The molecule has 0 spiro atoms. The minimum Gasteiger partial charge on any atom is -0.379 e. The molecule has 2 aliphatic rings. The van der Waals surface area contributed by atoms with Crippen LogP contribution in [0.3, 0.4) is 0 Å². The Bertz CT molecular complexity index is 232. The van der Waals surface area contributed by atoms with Gasteiger partial charge >= 0.3 is 0 Å². The summed E-state index contributed by atoms with van der Waals surface area (Å²) in [5.74, 6) is 0. The van der Waals surface area contributed by atoms with E-state index in [-0.39, 0.29) is 5.54 Å². The fourth-order valence-electron chi connectivity index (χ4n) is 3.05. The lowest BCUT2D eigenvalue weighted by atomic mass is 9.87. The van der Waals surface area contributed by atoms with Crippen LogP contribution in [0.5, 0.6) is 0 Å². The first-order valence-corrected chi connectivity index (χ1v) is 6.72. The average molecular weight is 226 g/mol. The van der Waals surface area contributed by atoms with E-state index in [4.69, 9.17) is 4.74 Å². The molecule has 2 rings (SSSR count). The number of ether oxygens (including phenoxy) is 1. The summed E-state index contributed by atoms with van der Waals surface area (Å²) in [5.41, 5.74) is 0.627. The van der Waals surface area contributed by atoms with Crippen molar-refractivity contribution in [1.29, 1.82) is 0 Å². The Morgan fingerprint density at radius 3 is 2.62 bits per heavy atom. The molecular weight excluding hydrogens is 200 g/mol. The molecule has 0 saturated carbocycles. The molecular formula is C13H26N2O. The number of nitrogens with zero attached hydrogens (tertiary/aromatic N) is 1. The van der Waals surface area contributed by atoms with Crippen molar-refractivity contribution < 1.29 is 4.74 Å². The van der Waals surface area contributed by atoms with Gasteiger partial charge in [0.25, 0.3) is 0 Å².